The Morgan fingerprint density at radius 1 is 1.18 bits per heavy atom. The normalized spacial score (nSPS) is 17.7. The van der Waals surface area contributed by atoms with E-state index in [2.05, 4.69) is 22.6 Å². The van der Waals surface area contributed by atoms with Crippen molar-refractivity contribution in [2.45, 2.75) is 0 Å². The Balaban J connectivity index is 0. The van der Waals surface area contributed by atoms with Crippen LogP contribution in [0.15, 0.2) is 0 Å². The molecule has 0 N–H and O–H groups in total. The summed E-state index contributed by atoms with van der Waals surface area (Å²) in [5.74, 6) is 0. The van der Waals surface area contributed by atoms with Gasteiger partial charge in [0.15, 0.2) is 0 Å². The van der Waals surface area contributed by atoms with Gasteiger partial charge in [0, 0.05) is 0 Å². The number of piperazine rings is 1. The summed E-state index contributed by atoms with van der Waals surface area (Å²) in [6, 6.07) is 0. The minimum atomic E-state index is 0. The number of likely N-dealkylation sites (N-methyl/N-ethyl adjacent to an activating group) is 1. The van der Waals surface area contributed by atoms with Crippen LogP contribution in [0.4, 0.5) is 0 Å². The fraction of sp³-hybridized carbons (Fsp3) is 1.00. The smallest absolute Gasteiger partial charge is 0.668 e. The summed E-state index contributed by atoms with van der Waals surface area (Å²) in [6.07, 6.45) is 0. The first-order valence-corrected chi connectivity index (χ1v) is 3.61. The van der Waals surface area contributed by atoms with E-state index in [4.69, 9.17) is 0 Å². The summed E-state index contributed by atoms with van der Waals surface area (Å²) in [6.45, 7) is 4.38. The molecule has 0 unspecified atom stereocenters. The van der Waals surface area contributed by atoms with E-state index in [9.17, 15) is 0 Å². The molecular weight excluding hydrogens is 229 g/mol. The van der Waals surface area contributed by atoms with Gasteiger partial charge >= 0.3 is 19.5 Å². The molecule has 1 radical (unpaired) electrons. The molecule has 11 heavy (non-hydrogen) atoms. The molecule has 3 nitrogen and oxygen atoms in total. The molecule has 0 aliphatic carbocycles. The van der Waals surface area contributed by atoms with Crippen LogP contribution in [0, 0.1) is 0 Å². The average Bonchev–Trinajstić information content (AvgIpc) is 1.91. The first-order valence-electron chi connectivity index (χ1n) is 3.61. The fourth-order valence-electron chi connectivity index (χ4n) is 0.706. The van der Waals surface area contributed by atoms with Crippen molar-refractivity contribution in [3.63, 3.8) is 0 Å². The van der Waals surface area contributed by atoms with Gasteiger partial charge in [0.2, 0.25) is 0 Å². The van der Waals surface area contributed by atoms with Gasteiger partial charge in [-0.25, -0.2) is 0 Å². The van der Waals surface area contributed by atoms with E-state index >= 15 is 0 Å². The summed E-state index contributed by atoms with van der Waals surface area (Å²) < 4.78 is 0. The molecule has 0 aromatic rings. The molecule has 1 fully saturated rings. The van der Waals surface area contributed by atoms with E-state index in [-0.39, 0.29) is 19.5 Å². The van der Waals surface area contributed by atoms with Crippen molar-refractivity contribution in [3.05, 3.63) is 10.6 Å². The van der Waals surface area contributed by atoms with Gasteiger partial charge < -0.3 is 15.5 Å². The van der Waals surface area contributed by atoms with Crippen molar-refractivity contribution in [1.29, 1.82) is 0 Å². The molecule has 0 aromatic carbocycles. The fourth-order valence-corrected chi connectivity index (χ4v) is 0.706. The Morgan fingerprint density at radius 3 is 1.73 bits per heavy atom. The maximum Gasteiger partial charge on any atom is 2.00 e. The SMILES string of the molecule is CN1CC[N-]CC1.C[N-]C.[Rh+2]. The topological polar surface area (TPSA) is 31.4 Å². The first-order chi connectivity index (χ1) is 4.81. The van der Waals surface area contributed by atoms with Crippen molar-refractivity contribution in [3.8, 4) is 0 Å². The zero-order chi connectivity index (χ0) is 7.82. The number of hydrogen-bond donors (Lipinski definition) is 0. The van der Waals surface area contributed by atoms with Crippen LogP contribution in [0.1, 0.15) is 0 Å². The van der Waals surface area contributed by atoms with Gasteiger partial charge in [0.25, 0.3) is 0 Å². The number of hydrogen-bond acceptors (Lipinski definition) is 1. The third-order valence-electron chi connectivity index (χ3n) is 1.28. The summed E-state index contributed by atoms with van der Waals surface area (Å²) in [5.41, 5.74) is 0. The Bertz CT molecular complexity index is 64.7. The molecule has 1 aliphatic heterocycles. The molecule has 0 bridgehead atoms. The first kappa shape index (κ1) is 14.1. The third-order valence-corrected chi connectivity index (χ3v) is 1.28. The molecule has 4 heteroatoms. The Labute approximate surface area is 82.7 Å². The minimum Gasteiger partial charge on any atom is -0.668 e. The van der Waals surface area contributed by atoms with Crippen molar-refractivity contribution >= 4 is 0 Å². The second-order valence-corrected chi connectivity index (χ2v) is 2.42. The van der Waals surface area contributed by atoms with E-state index in [1.165, 1.54) is 0 Å². The summed E-state index contributed by atoms with van der Waals surface area (Å²) >= 11 is 0. The second-order valence-electron chi connectivity index (χ2n) is 2.42. The maximum absolute atomic E-state index is 4.19. The Morgan fingerprint density at radius 2 is 1.55 bits per heavy atom. The maximum atomic E-state index is 4.19. The molecule has 0 aromatic heterocycles. The summed E-state index contributed by atoms with van der Waals surface area (Å²) in [7, 11) is 5.63. The third kappa shape index (κ3) is 10.5. The standard InChI is InChI=1S/C5H11N2.C2H6N.Rh/c1-7-4-2-6-3-5-7;1-3-2;/h2-5H2,1H3;1-2H3;/q2*-1;+2. The zero-order valence-electron chi connectivity index (χ0n) is 7.50. The van der Waals surface area contributed by atoms with E-state index < -0.39 is 0 Å². The molecule has 0 spiro atoms. The van der Waals surface area contributed by atoms with Gasteiger partial charge in [0.05, 0.1) is 0 Å². The number of rotatable bonds is 0. The Kier molecular flexibility index (Phi) is 13.4. The van der Waals surface area contributed by atoms with Crippen LogP contribution >= 0.6 is 0 Å². The van der Waals surface area contributed by atoms with Gasteiger partial charge in [-0.2, -0.15) is 14.1 Å². The molecule has 1 rings (SSSR count). The van der Waals surface area contributed by atoms with Crippen LogP contribution in [0.5, 0.6) is 0 Å². The molecule has 1 heterocycles. The summed E-state index contributed by atoms with van der Waals surface area (Å²) in [4.78, 5) is 2.30. The van der Waals surface area contributed by atoms with Gasteiger partial charge in [0.1, 0.15) is 0 Å². The summed E-state index contributed by atoms with van der Waals surface area (Å²) in [5, 5.41) is 7.69. The molecule has 1 saturated heterocycles. The Hall–Kier alpha value is 0.503. The zero-order valence-corrected chi connectivity index (χ0v) is 9.14. The van der Waals surface area contributed by atoms with Crippen molar-refractivity contribution in [2.75, 3.05) is 47.3 Å². The second kappa shape index (κ2) is 10.5. The van der Waals surface area contributed by atoms with E-state index in [0.717, 1.165) is 26.2 Å². The van der Waals surface area contributed by atoms with Crippen LogP contribution in [0.2, 0.25) is 0 Å². The van der Waals surface area contributed by atoms with Crippen LogP contribution in [0.3, 0.4) is 0 Å². The molecule has 0 atom stereocenters. The van der Waals surface area contributed by atoms with Crippen LogP contribution < -0.4 is 0 Å². The molecule has 0 saturated carbocycles. The van der Waals surface area contributed by atoms with Crippen LogP contribution in [0.25, 0.3) is 10.6 Å². The molecule has 69 valence electrons. The van der Waals surface area contributed by atoms with E-state index in [0.29, 0.717) is 0 Å². The molecule has 1 aliphatic rings. The largest absolute Gasteiger partial charge is 2.00 e. The average molecular weight is 246 g/mol. The molecule has 0 amide bonds. The van der Waals surface area contributed by atoms with Crippen LogP contribution in [-0.4, -0.2) is 52.2 Å². The van der Waals surface area contributed by atoms with E-state index in [1.54, 1.807) is 14.1 Å². The van der Waals surface area contributed by atoms with Crippen molar-refractivity contribution in [2.24, 2.45) is 0 Å². The predicted octanol–water partition coefficient (Wildman–Crippen LogP) is 0.923. The number of nitrogens with zero attached hydrogens (tertiary/aromatic N) is 3. The minimum absolute atomic E-state index is 0. The van der Waals surface area contributed by atoms with Gasteiger partial charge in [-0.15, -0.1) is 13.1 Å². The van der Waals surface area contributed by atoms with Crippen LogP contribution in [-0.2, 0) is 19.5 Å². The van der Waals surface area contributed by atoms with Crippen molar-refractivity contribution in [1.82, 2.24) is 4.90 Å². The molecular formula is C7H17N3Rh. The van der Waals surface area contributed by atoms with Gasteiger partial charge in [-0.1, -0.05) is 0 Å². The van der Waals surface area contributed by atoms with Gasteiger partial charge in [-0.3, -0.25) is 0 Å². The van der Waals surface area contributed by atoms with E-state index in [1.807, 2.05) is 0 Å². The predicted molar refractivity (Wildman–Crippen MR) is 45.8 cm³/mol. The quantitative estimate of drug-likeness (QED) is 0.585. The van der Waals surface area contributed by atoms with Crippen molar-refractivity contribution < 1.29 is 19.5 Å². The van der Waals surface area contributed by atoms with Gasteiger partial charge in [-0.05, 0) is 20.1 Å². The monoisotopic (exact) mass is 246 g/mol.